The van der Waals surface area contributed by atoms with Gasteiger partial charge in [-0.1, -0.05) is 0 Å². The van der Waals surface area contributed by atoms with Crippen LogP contribution in [0, 0.1) is 5.82 Å². The van der Waals surface area contributed by atoms with Crippen molar-refractivity contribution in [2.24, 2.45) is 5.73 Å². The summed E-state index contributed by atoms with van der Waals surface area (Å²) in [5.74, 6) is -0.378. The lowest BCUT2D eigenvalue weighted by atomic mass is 9.97. The quantitative estimate of drug-likeness (QED) is 0.618. The lowest BCUT2D eigenvalue weighted by Crippen LogP contribution is -2.39. The molecule has 0 fully saturated rings. The average Bonchev–Trinajstić information content (AvgIpc) is 3.21. The molecule has 9 heteroatoms. The molecule has 28 heavy (non-hydrogen) atoms. The van der Waals surface area contributed by atoms with Gasteiger partial charge in [0.05, 0.1) is 12.2 Å². The molecular weight excluding hydrogens is 365 g/mol. The van der Waals surface area contributed by atoms with Gasteiger partial charge in [-0.25, -0.2) is 18.7 Å². The molecule has 2 aromatic heterocycles. The number of aromatic carboxylic acids is 1. The van der Waals surface area contributed by atoms with Crippen molar-refractivity contribution >= 4 is 17.4 Å². The summed E-state index contributed by atoms with van der Waals surface area (Å²) in [7, 11) is 0. The maximum atomic E-state index is 14.2. The zero-order valence-corrected chi connectivity index (χ0v) is 15.4. The van der Waals surface area contributed by atoms with E-state index in [-0.39, 0.29) is 23.1 Å². The number of carbonyl (C=O) groups is 1. The van der Waals surface area contributed by atoms with Crippen LogP contribution in [0.25, 0.3) is 5.65 Å². The van der Waals surface area contributed by atoms with Crippen LogP contribution in [-0.2, 0) is 6.42 Å². The van der Waals surface area contributed by atoms with Crippen LogP contribution in [0.15, 0.2) is 30.6 Å². The Bertz CT molecular complexity index is 1080. The fraction of sp³-hybridized carbons (Fsp3) is 0.316. The van der Waals surface area contributed by atoms with E-state index in [0.717, 1.165) is 5.56 Å². The van der Waals surface area contributed by atoms with E-state index in [4.69, 9.17) is 10.5 Å². The van der Waals surface area contributed by atoms with E-state index in [1.165, 1.54) is 22.8 Å². The third kappa shape index (κ3) is 3.03. The SMILES string of the molecule is C[C@@H](Nc1ccn2ncc(C(=O)O)c2n1)c1cc(F)cc2c1OC(C)(CN)C2. The number of hydrogen-bond acceptors (Lipinski definition) is 6. The number of benzene rings is 1. The number of rotatable bonds is 5. The van der Waals surface area contributed by atoms with Crippen molar-refractivity contribution in [1.82, 2.24) is 14.6 Å². The Morgan fingerprint density at radius 1 is 1.54 bits per heavy atom. The molecule has 1 aromatic carbocycles. The third-order valence-electron chi connectivity index (χ3n) is 4.93. The number of carboxylic acid groups (broad SMARTS) is 1. The number of nitrogens with zero attached hydrogens (tertiary/aromatic N) is 3. The highest BCUT2D eigenvalue weighted by Gasteiger charge is 2.36. The van der Waals surface area contributed by atoms with Crippen molar-refractivity contribution < 1.29 is 19.0 Å². The van der Waals surface area contributed by atoms with Crippen LogP contribution in [0.4, 0.5) is 10.2 Å². The van der Waals surface area contributed by atoms with Gasteiger partial charge in [0.2, 0.25) is 0 Å². The number of nitrogens with one attached hydrogen (secondary N) is 1. The standard InChI is InChI=1S/C19H20FN5O3/c1-10(13-6-12(20)5-11-7-19(2,9-21)28-16(11)13)23-15-3-4-25-17(24-15)14(8-22-25)18(26)27/h3-6,8,10H,7,9,21H2,1-2H3,(H,23,24)(H,26,27)/t10-,19?/m1/s1. The number of ether oxygens (including phenoxy) is 1. The van der Waals surface area contributed by atoms with Gasteiger partial charge in [-0.3, -0.25) is 0 Å². The number of fused-ring (bicyclic) bond motifs is 2. The van der Waals surface area contributed by atoms with Gasteiger partial charge in [-0.2, -0.15) is 5.10 Å². The molecule has 0 bridgehead atoms. The molecule has 4 N–H and O–H groups in total. The number of hydrogen-bond donors (Lipinski definition) is 3. The Morgan fingerprint density at radius 2 is 2.32 bits per heavy atom. The second-order valence-electron chi connectivity index (χ2n) is 7.23. The van der Waals surface area contributed by atoms with E-state index in [0.29, 0.717) is 30.1 Å². The van der Waals surface area contributed by atoms with E-state index in [1.807, 2.05) is 13.8 Å². The van der Waals surface area contributed by atoms with Crippen molar-refractivity contribution in [2.45, 2.75) is 31.9 Å². The van der Waals surface area contributed by atoms with Gasteiger partial charge in [0.1, 0.15) is 28.5 Å². The lowest BCUT2D eigenvalue weighted by Gasteiger charge is -2.23. The maximum absolute atomic E-state index is 14.2. The Kier molecular flexibility index (Phi) is 4.19. The van der Waals surface area contributed by atoms with E-state index in [2.05, 4.69) is 15.4 Å². The summed E-state index contributed by atoms with van der Waals surface area (Å²) in [4.78, 5) is 15.6. The minimum Gasteiger partial charge on any atom is -0.485 e. The number of carboxylic acids is 1. The highest BCUT2D eigenvalue weighted by atomic mass is 19.1. The Balaban J connectivity index is 1.67. The second-order valence-corrected chi connectivity index (χ2v) is 7.23. The normalized spacial score (nSPS) is 19.3. The number of anilines is 1. The lowest BCUT2D eigenvalue weighted by molar-refractivity contribution is 0.0698. The smallest absolute Gasteiger partial charge is 0.341 e. The van der Waals surface area contributed by atoms with E-state index < -0.39 is 11.6 Å². The van der Waals surface area contributed by atoms with Gasteiger partial charge >= 0.3 is 5.97 Å². The zero-order valence-electron chi connectivity index (χ0n) is 15.4. The van der Waals surface area contributed by atoms with Crippen LogP contribution in [0.2, 0.25) is 0 Å². The number of aromatic nitrogens is 3. The molecule has 146 valence electrons. The minimum absolute atomic E-state index is 0.00463. The molecule has 0 spiro atoms. The van der Waals surface area contributed by atoms with Gasteiger partial charge in [0.25, 0.3) is 0 Å². The Hall–Kier alpha value is -3.20. The van der Waals surface area contributed by atoms with Crippen LogP contribution in [0.3, 0.4) is 0 Å². The van der Waals surface area contributed by atoms with Crippen molar-refractivity contribution in [3.8, 4) is 5.75 Å². The highest BCUT2D eigenvalue weighted by molar-refractivity contribution is 5.94. The van der Waals surface area contributed by atoms with Gasteiger partial charge in [-0.15, -0.1) is 0 Å². The molecule has 1 aliphatic rings. The Morgan fingerprint density at radius 3 is 3.04 bits per heavy atom. The summed E-state index contributed by atoms with van der Waals surface area (Å²) < 4.78 is 21.6. The van der Waals surface area contributed by atoms with Crippen molar-refractivity contribution in [2.75, 3.05) is 11.9 Å². The van der Waals surface area contributed by atoms with Gasteiger partial charge < -0.3 is 20.9 Å². The van der Waals surface area contributed by atoms with E-state index in [1.54, 1.807) is 12.3 Å². The molecule has 1 aliphatic heterocycles. The predicted octanol–water partition coefficient (Wildman–Crippen LogP) is 2.39. The minimum atomic E-state index is -1.11. The average molecular weight is 385 g/mol. The van der Waals surface area contributed by atoms with Crippen LogP contribution in [-0.4, -0.2) is 37.8 Å². The molecule has 4 rings (SSSR count). The first-order valence-electron chi connectivity index (χ1n) is 8.85. The molecule has 0 amide bonds. The van der Waals surface area contributed by atoms with Crippen LogP contribution < -0.4 is 15.8 Å². The van der Waals surface area contributed by atoms with Crippen LogP contribution in [0.5, 0.6) is 5.75 Å². The van der Waals surface area contributed by atoms with Crippen molar-refractivity contribution in [3.05, 3.63) is 53.1 Å². The third-order valence-corrected chi connectivity index (χ3v) is 4.93. The molecule has 1 unspecified atom stereocenters. The monoisotopic (exact) mass is 385 g/mol. The second kappa shape index (κ2) is 6.45. The summed E-state index contributed by atoms with van der Waals surface area (Å²) in [6.07, 6.45) is 3.40. The fourth-order valence-corrected chi connectivity index (χ4v) is 3.45. The number of nitrogens with two attached hydrogens (primary N) is 1. The number of halogens is 1. The molecular formula is C19H20FN5O3. The molecule has 2 atom stereocenters. The fourth-order valence-electron chi connectivity index (χ4n) is 3.45. The topological polar surface area (TPSA) is 115 Å². The Labute approximate surface area is 160 Å². The first-order chi connectivity index (χ1) is 13.3. The van der Waals surface area contributed by atoms with Gasteiger partial charge in [0, 0.05) is 30.3 Å². The van der Waals surface area contributed by atoms with E-state index in [9.17, 15) is 14.3 Å². The summed E-state index contributed by atoms with van der Waals surface area (Å²) in [6, 6.07) is 4.24. The van der Waals surface area contributed by atoms with Crippen LogP contribution >= 0.6 is 0 Å². The molecule has 3 heterocycles. The summed E-state index contributed by atoms with van der Waals surface area (Å²) in [6.45, 7) is 4.08. The van der Waals surface area contributed by atoms with Crippen molar-refractivity contribution in [3.63, 3.8) is 0 Å². The summed E-state index contributed by atoms with van der Waals surface area (Å²) in [5.41, 5.74) is 6.92. The molecule has 0 radical (unpaired) electrons. The summed E-state index contributed by atoms with van der Waals surface area (Å²) >= 11 is 0. The first-order valence-corrected chi connectivity index (χ1v) is 8.85. The van der Waals surface area contributed by atoms with Crippen LogP contribution in [0.1, 0.15) is 41.4 Å². The van der Waals surface area contributed by atoms with Gasteiger partial charge in [0.15, 0.2) is 5.65 Å². The molecule has 3 aromatic rings. The maximum Gasteiger partial charge on any atom is 0.341 e. The highest BCUT2D eigenvalue weighted by Crippen LogP contribution is 2.41. The molecule has 8 nitrogen and oxygen atoms in total. The van der Waals surface area contributed by atoms with Crippen molar-refractivity contribution in [1.29, 1.82) is 0 Å². The molecule has 0 saturated carbocycles. The molecule has 0 saturated heterocycles. The zero-order chi connectivity index (χ0) is 20.1. The van der Waals surface area contributed by atoms with Gasteiger partial charge in [-0.05, 0) is 32.0 Å². The largest absolute Gasteiger partial charge is 0.485 e. The predicted molar refractivity (Wildman–Crippen MR) is 100 cm³/mol. The summed E-state index contributed by atoms with van der Waals surface area (Å²) in [5, 5.41) is 16.4. The molecule has 0 aliphatic carbocycles. The van der Waals surface area contributed by atoms with E-state index >= 15 is 0 Å². The first kappa shape index (κ1) is 18.2.